The zero-order valence-electron chi connectivity index (χ0n) is 8.27. The average molecular weight is 209 g/mol. The molecule has 0 saturated carbocycles. The van der Waals surface area contributed by atoms with Gasteiger partial charge in [0.05, 0.1) is 5.75 Å². The van der Waals surface area contributed by atoms with Gasteiger partial charge in [-0.1, -0.05) is 0 Å². The topological polar surface area (TPSA) is 63.7 Å². The molecule has 0 unspecified atom stereocenters. The molecule has 5 nitrogen and oxygen atoms in total. The molecule has 0 bridgehead atoms. The third-order valence-corrected chi connectivity index (χ3v) is 2.72. The predicted octanol–water partition coefficient (Wildman–Crippen LogP) is -0.171. The Bertz CT molecular complexity index is 270. The molecule has 0 fully saturated rings. The molecule has 0 rings (SSSR count). The van der Waals surface area contributed by atoms with Gasteiger partial charge in [0.1, 0.15) is 0 Å². The summed E-state index contributed by atoms with van der Waals surface area (Å²) in [5, 5.41) is 0. The van der Waals surface area contributed by atoms with E-state index in [0.717, 1.165) is 0 Å². The molecule has 0 saturated heterocycles. The first kappa shape index (κ1) is 12.4. The summed E-state index contributed by atoms with van der Waals surface area (Å²) in [5.41, 5.74) is 0. The van der Waals surface area contributed by atoms with Crippen LogP contribution in [0.4, 0.5) is 0 Å². The van der Waals surface area contributed by atoms with E-state index < -0.39 is 16.2 Å². The summed E-state index contributed by atoms with van der Waals surface area (Å²) in [7, 11) is -0.460. The zero-order chi connectivity index (χ0) is 10.6. The third kappa shape index (κ3) is 4.23. The van der Waals surface area contributed by atoms with Crippen LogP contribution in [-0.4, -0.2) is 45.2 Å². The van der Waals surface area contributed by atoms with E-state index in [2.05, 4.69) is 4.18 Å². The molecule has 1 atom stereocenters. The first-order valence-electron chi connectivity index (χ1n) is 3.92. The summed E-state index contributed by atoms with van der Waals surface area (Å²) in [6.07, 6.45) is -0.944. The first-order chi connectivity index (χ1) is 5.80. The molecule has 78 valence electrons. The van der Waals surface area contributed by atoms with Crippen LogP contribution in [0.25, 0.3) is 0 Å². The van der Waals surface area contributed by atoms with Gasteiger partial charge in [0, 0.05) is 14.1 Å². The van der Waals surface area contributed by atoms with Gasteiger partial charge in [0.15, 0.2) is 6.10 Å². The minimum absolute atomic E-state index is 0.127. The Morgan fingerprint density at radius 3 is 2.23 bits per heavy atom. The minimum Gasteiger partial charge on any atom is -0.347 e. The van der Waals surface area contributed by atoms with Crippen LogP contribution >= 0.6 is 0 Å². The van der Waals surface area contributed by atoms with Crippen molar-refractivity contribution in [3.8, 4) is 0 Å². The Morgan fingerprint density at radius 1 is 1.46 bits per heavy atom. The van der Waals surface area contributed by atoms with Gasteiger partial charge in [-0.3, -0.25) is 8.98 Å². The Labute approximate surface area is 78.8 Å². The van der Waals surface area contributed by atoms with Crippen LogP contribution < -0.4 is 0 Å². The number of hydrogen-bond donors (Lipinski definition) is 0. The number of rotatable bonds is 4. The van der Waals surface area contributed by atoms with Crippen LogP contribution in [0.1, 0.15) is 13.8 Å². The van der Waals surface area contributed by atoms with Gasteiger partial charge in [-0.15, -0.1) is 0 Å². The lowest BCUT2D eigenvalue weighted by atomic mass is 10.4. The molecule has 0 aliphatic heterocycles. The maximum absolute atomic E-state index is 11.2. The molecule has 0 heterocycles. The SMILES string of the molecule is CCS(=O)(=O)O[C@H](C)C(=O)N(C)C. The fraction of sp³-hybridized carbons (Fsp3) is 0.857. The number of likely N-dealkylation sites (N-methyl/N-ethyl adjacent to an activating group) is 1. The fourth-order valence-electron chi connectivity index (χ4n) is 0.693. The molecule has 1 amide bonds. The highest BCUT2D eigenvalue weighted by Crippen LogP contribution is 2.02. The third-order valence-electron chi connectivity index (χ3n) is 1.43. The molecule has 0 radical (unpaired) electrons. The Balaban J connectivity index is 4.32. The summed E-state index contributed by atoms with van der Waals surface area (Å²) in [5.74, 6) is -0.491. The highest BCUT2D eigenvalue weighted by Gasteiger charge is 2.21. The van der Waals surface area contributed by atoms with Crippen molar-refractivity contribution in [2.75, 3.05) is 19.8 Å². The van der Waals surface area contributed by atoms with Crippen molar-refractivity contribution in [3.63, 3.8) is 0 Å². The van der Waals surface area contributed by atoms with Gasteiger partial charge in [-0.25, -0.2) is 0 Å². The van der Waals surface area contributed by atoms with Crippen molar-refractivity contribution in [1.82, 2.24) is 4.90 Å². The fourth-order valence-corrected chi connectivity index (χ4v) is 1.35. The van der Waals surface area contributed by atoms with E-state index in [1.54, 1.807) is 14.1 Å². The Hall–Kier alpha value is -0.620. The van der Waals surface area contributed by atoms with E-state index in [1.165, 1.54) is 18.7 Å². The van der Waals surface area contributed by atoms with E-state index in [9.17, 15) is 13.2 Å². The maximum Gasteiger partial charge on any atom is 0.267 e. The van der Waals surface area contributed by atoms with Crippen LogP contribution in [0.2, 0.25) is 0 Å². The molecule has 0 spiro atoms. The maximum atomic E-state index is 11.2. The summed E-state index contributed by atoms with van der Waals surface area (Å²) >= 11 is 0. The van der Waals surface area contributed by atoms with Crippen molar-refractivity contribution < 1.29 is 17.4 Å². The van der Waals surface area contributed by atoms with Gasteiger partial charge in [0.25, 0.3) is 16.0 Å². The summed E-state index contributed by atoms with van der Waals surface area (Å²) < 4.78 is 26.5. The minimum atomic E-state index is -3.54. The molecule has 0 aliphatic rings. The smallest absolute Gasteiger partial charge is 0.267 e. The lowest BCUT2D eigenvalue weighted by molar-refractivity contribution is -0.135. The summed E-state index contributed by atoms with van der Waals surface area (Å²) in [4.78, 5) is 12.5. The number of carbonyl (C=O) groups excluding carboxylic acids is 1. The van der Waals surface area contributed by atoms with Crippen LogP contribution in [-0.2, 0) is 19.1 Å². The van der Waals surface area contributed by atoms with E-state index in [1.807, 2.05) is 0 Å². The van der Waals surface area contributed by atoms with E-state index in [4.69, 9.17) is 0 Å². The van der Waals surface area contributed by atoms with Crippen LogP contribution in [0, 0.1) is 0 Å². The molecule has 6 heteroatoms. The van der Waals surface area contributed by atoms with Gasteiger partial charge in [-0.2, -0.15) is 8.42 Å². The molecule has 0 aromatic carbocycles. The van der Waals surface area contributed by atoms with Crippen molar-refractivity contribution >= 4 is 16.0 Å². The standard InChI is InChI=1S/C7H15NO4S/c1-5-13(10,11)12-6(2)7(9)8(3)4/h6H,5H2,1-4H3/t6-/m1/s1. The highest BCUT2D eigenvalue weighted by atomic mass is 32.2. The first-order valence-corrected chi connectivity index (χ1v) is 5.50. The monoisotopic (exact) mass is 209 g/mol. The number of carbonyl (C=O) groups is 1. The molecule has 13 heavy (non-hydrogen) atoms. The molecule has 0 N–H and O–H groups in total. The van der Waals surface area contributed by atoms with Gasteiger partial charge in [0.2, 0.25) is 0 Å². The number of nitrogens with zero attached hydrogens (tertiary/aromatic N) is 1. The van der Waals surface area contributed by atoms with E-state index in [-0.39, 0.29) is 11.7 Å². The van der Waals surface area contributed by atoms with Crippen LogP contribution in [0.5, 0.6) is 0 Å². The zero-order valence-corrected chi connectivity index (χ0v) is 9.09. The lowest BCUT2D eigenvalue weighted by Gasteiger charge is -2.16. The van der Waals surface area contributed by atoms with Crippen molar-refractivity contribution in [2.45, 2.75) is 20.0 Å². The normalized spacial score (nSPS) is 13.8. The number of amides is 1. The molecular formula is C7H15NO4S. The highest BCUT2D eigenvalue weighted by molar-refractivity contribution is 7.86. The van der Waals surface area contributed by atoms with Crippen LogP contribution in [0.3, 0.4) is 0 Å². The predicted molar refractivity (Wildman–Crippen MR) is 48.7 cm³/mol. The molecule has 0 aromatic heterocycles. The Morgan fingerprint density at radius 2 is 1.92 bits per heavy atom. The largest absolute Gasteiger partial charge is 0.347 e. The summed E-state index contributed by atoms with van der Waals surface area (Å²) in [6.45, 7) is 2.87. The van der Waals surface area contributed by atoms with Gasteiger partial charge >= 0.3 is 0 Å². The quantitative estimate of drug-likeness (QED) is 0.603. The number of hydrogen-bond acceptors (Lipinski definition) is 4. The Kier molecular flexibility index (Phi) is 4.35. The van der Waals surface area contributed by atoms with Crippen molar-refractivity contribution in [3.05, 3.63) is 0 Å². The van der Waals surface area contributed by atoms with Crippen LogP contribution in [0.15, 0.2) is 0 Å². The molecular weight excluding hydrogens is 194 g/mol. The summed E-state index contributed by atoms with van der Waals surface area (Å²) in [6, 6.07) is 0. The second-order valence-electron chi connectivity index (χ2n) is 2.82. The lowest BCUT2D eigenvalue weighted by Crippen LogP contribution is -2.35. The average Bonchev–Trinajstić information content (AvgIpc) is 2.02. The second-order valence-corrected chi connectivity index (χ2v) is 4.70. The van der Waals surface area contributed by atoms with Crippen molar-refractivity contribution in [2.24, 2.45) is 0 Å². The van der Waals surface area contributed by atoms with E-state index >= 15 is 0 Å². The molecule has 0 aromatic rings. The van der Waals surface area contributed by atoms with Gasteiger partial charge < -0.3 is 4.90 Å². The van der Waals surface area contributed by atoms with Gasteiger partial charge in [-0.05, 0) is 13.8 Å². The molecule has 0 aliphatic carbocycles. The van der Waals surface area contributed by atoms with E-state index in [0.29, 0.717) is 0 Å². The van der Waals surface area contributed by atoms with Crippen molar-refractivity contribution in [1.29, 1.82) is 0 Å². The second kappa shape index (κ2) is 4.57.